The first-order valence-corrected chi connectivity index (χ1v) is 10.2. The highest BCUT2D eigenvalue weighted by atomic mass is 15.3. The van der Waals surface area contributed by atoms with Gasteiger partial charge in [0.1, 0.15) is 5.82 Å². The molecular weight excluding hydrogens is 352 g/mol. The summed E-state index contributed by atoms with van der Waals surface area (Å²) < 4.78 is 1.84. The molecule has 8 nitrogen and oxygen atoms in total. The summed E-state index contributed by atoms with van der Waals surface area (Å²) in [5, 5.41) is 8.40. The molecule has 0 amide bonds. The molecule has 1 aliphatic carbocycles. The van der Waals surface area contributed by atoms with E-state index in [1.54, 1.807) is 18.6 Å². The van der Waals surface area contributed by atoms with Gasteiger partial charge in [-0.25, -0.2) is 19.5 Å². The predicted octanol–water partition coefficient (Wildman–Crippen LogP) is 2.59. The second-order valence-electron chi connectivity index (χ2n) is 7.85. The predicted molar refractivity (Wildman–Crippen MR) is 109 cm³/mol. The second-order valence-corrected chi connectivity index (χ2v) is 7.85. The number of fused-ring (bicyclic) bond motifs is 1. The van der Waals surface area contributed by atoms with E-state index in [2.05, 4.69) is 25.2 Å². The van der Waals surface area contributed by atoms with E-state index in [4.69, 9.17) is 10.8 Å². The van der Waals surface area contributed by atoms with Crippen LogP contribution in [0.1, 0.15) is 38.5 Å². The van der Waals surface area contributed by atoms with Crippen molar-refractivity contribution in [3.8, 4) is 11.3 Å². The molecule has 2 aliphatic rings. The van der Waals surface area contributed by atoms with Crippen molar-refractivity contribution in [2.45, 2.75) is 50.6 Å². The Hall–Kier alpha value is -2.74. The summed E-state index contributed by atoms with van der Waals surface area (Å²) in [6.07, 6.45) is 12.9. The van der Waals surface area contributed by atoms with Crippen LogP contribution >= 0.6 is 0 Å². The molecule has 0 unspecified atom stereocenters. The largest absolute Gasteiger partial charge is 0.368 e. The van der Waals surface area contributed by atoms with Gasteiger partial charge in [-0.2, -0.15) is 0 Å². The van der Waals surface area contributed by atoms with Crippen molar-refractivity contribution >= 4 is 17.4 Å². The van der Waals surface area contributed by atoms with Crippen LogP contribution in [0.25, 0.3) is 16.9 Å². The number of hydrogen-bond acceptors (Lipinski definition) is 7. The van der Waals surface area contributed by atoms with Crippen LogP contribution in [0, 0.1) is 0 Å². The van der Waals surface area contributed by atoms with Crippen LogP contribution in [0.2, 0.25) is 0 Å². The number of nitrogens with one attached hydrogen (secondary N) is 1. The summed E-state index contributed by atoms with van der Waals surface area (Å²) in [5.74, 6) is 1.14. The van der Waals surface area contributed by atoms with Crippen LogP contribution in [0.4, 0.5) is 11.8 Å². The van der Waals surface area contributed by atoms with Crippen molar-refractivity contribution in [3.63, 3.8) is 0 Å². The third-order valence-electron chi connectivity index (χ3n) is 6.04. The Balaban J connectivity index is 1.30. The lowest BCUT2D eigenvalue weighted by Crippen LogP contribution is -2.39. The molecular formula is C20H26N8. The molecule has 4 heterocycles. The highest BCUT2D eigenvalue weighted by Gasteiger charge is 2.27. The number of aromatic nitrogens is 5. The Bertz CT molecular complexity index is 936. The van der Waals surface area contributed by atoms with Crippen LogP contribution in [0.3, 0.4) is 0 Å². The zero-order valence-corrected chi connectivity index (χ0v) is 16.0. The molecule has 3 aromatic rings. The van der Waals surface area contributed by atoms with E-state index >= 15 is 0 Å². The Morgan fingerprint density at radius 2 is 1.68 bits per heavy atom. The van der Waals surface area contributed by atoms with Gasteiger partial charge in [0.15, 0.2) is 5.65 Å². The third-order valence-corrected chi connectivity index (χ3v) is 6.04. The van der Waals surface area contributed by atoms with Crippen LogP contribution in [-0.4, -0.2) is 54.6 Å². The van der Waals surface area contributed by atoms with Gasteiger partial charge < -0.3 is 16.0 Å². The molecule has 2 fully saturated rings. The van der Waals surface area contributed by atoms with Gasteiger partial charge in [-0.05, 0) is 63.7 Å². The average molecular weight is 378 g/mol. The maximum atomic E-state index is 5.60. The standard InChI is InChI=1S/C20H26N8/c21-20-23-11-14(12-24-20)17-13-22-19-8-7-18(26-28(17)19)25-15-3-5-16(6-4-15)27-9-1-2-10-27/h7-8,11-13,15-16H,1-6,9-10H2,(H,25,26)(H2,21,23,24)/t15-,16-. The van der Waals surface area contributed by atoms with Gasteiger partial charge in [-0.3, -0.25) is 0 Å². The number of likely N-dealkylation sites (tertiary alicyclic amines) is 1. The Morgan fingerprint density at radius 3 is 2.43 bits per heavy atom. The minimum absolute atomic E-state index is 0.261. The van der Waals surface area contributed by atoms with Crippen LogP contribution in [-0.2, 0) is 0 Å². The molecule has 1 saturated heterocycles. The average Bonchev–Trinajstić information content (AvgIpc) is 3.39. The van der Waals surface area contributed by atoms with Gasteiger partial charge >= 0.3 is 0 Å². The van der Waals surface area contributed by atoms with Crippen LogP contribution in [0.15, 0.2) is 30.7 Å². The van der Waals surface area contributed by atoms with Gasteiger partial charge in [-0.15, -0.1) is 5.10 Å². The molecule has 0 atom stereocenters. The Labute approximate surface area is 164 Å². The summed E-state index contributed by atoms with van der Waals surface area (Å²) in [6, 6.07) is 5.27. The van der Waals surface area contributed by atoms with Crippen molar-refractivity contribution < 1.29 is 0 Å². The molecule has 0 spiro atoms. The lowest BCUT2D eigenvalue weighted by atomic mass is 9.90. The molecule has 5 rings (SSSR count). The molecule has 0 aromatic carbocycles. The van der Waals surface area contributed by atoms with Crippen molar-refractivity contribution in [2.24, 2.45) is 0 Å². The first-order chi connectivity index (χ1) is 13.8. The number of nitrogen functional groups attached to an aromatic ring is 1. The lowest BCUT2D eigenvalue weighted by Gasteiger charge is -2.34. The number of rotatable bonds is 4. The van der Waals surface area contributed by atoms with E-state index < -0.39 is 0 Å². The number of anilines is 2. The van der Waals surface area contributed by atoms with Crippen molar-refractivity contribution in [2.75, 3.05) is 24.1 Å². The van der Waals surface area contributed by atoms with Crippen LogP contribution < -0.4 is 11.1 Å². The fraction of sp³-hybridized carbons (Fsp3) is 0.500. The summed E-state index contributed by atoms with van der Waals surface area (Å²) >= 11 is 0. The highest BCUT2D eigenvalue weighted by molar-refractivity contribution is 5.62. The van der Waals surface area contributed by atoms with Gasteiger partial charge in [0.25, 0.3) is 0 Å². The van der Waals surface area contributed by atoms with E-state index in [-0.39, 0.29) is 5.95 Å². The molecule has 0 bridgehead atoms. The maximum absolute atomic E-state index is 5.60. The zero-order chi connectivity index (χ0) is 18.9. The number of hydrogen-bond donors (Lipinski definition) is 2. The van der Waals surface area contributed by atoms with E-state index in [0.29, 0.717) is 6.04 Å². The lowest BCUT2D eigenvalue weighted by molar-refractivity contribution is 0.186. The first-order valence-electron chi connectivity index (χ1n) is 10.2. The zero-order valence-electron chi connectivity index (χ0n) is 16.0. The summed E-state index contributed by atoms with van der Waals surface area (Å²) in [6.45, 7) is 2.58. The molecule has 1 saturated carbocycles. The Kier molecular flexibility index (Phi) is 4.56. The molecule has 28 heavy (non-hydrogen) atoms. The molecule has 0 radical (unpaired) electrons. The van der Waals surface area contributed by atoms with E-state index in [1.807, 2.05) is 16.6 Å². The first kappa shape index (κ1) is 17.4. The highest BCUT2D eigenvalue weighted by Crippen LogP contribution is 2.28. The quantitative estimate of drug-likeness (QED) is 0.720. The van der Waals surface area contributed by atoms with Gasteiger partial charge in [0.2, 0.25) is 5.95 Å². The minimum atomic E-state index is 0.261. The van der Waals surface area contributed by atoms with Crippen LogP contribution in [0.5, 0.6) is 0 Å². The number of imidazole rings is 1. The van der Waals surface area contributed by atoms with Gasteiger partial charge in [0, 0.05) is 30.0 Å². The third kappa shape index (κ3) is 3.40. The number of nitrogens with two attached hydrogens (primary N) is 1. The summed E-state index contributed by atoms with van der Waals surface area (Å²) in [5.41, 5.74) is 8.10. The topological polar surface area (TPSA) is 97.3 Å². The van der Waals surface area contributed by atoms with E-state index in [9.17, 15) is 0 Å². The molecule has 1 aliphatic heterocycles. The second kappa shape index (κ2) is 7.35. The normalized spacial score (nSPS) is 23.3. The van der Waals surface area contributed by atoms with Crippen molar-refractivity contribution in [1.82, 2.24) is 29.5 Å². The Morgan fingerprint density at radius 1 is 0.929 bits per heavy atom. The monoisotopic (exact) mass is 378 g/mol. The number of nitrogens with zero attached hydrogens (tertiary/aromatic N) is 6. The fourth-order valence-electron chi connectivity index (χ4n) is 4.52. The van der Waals surface area contributed by atoms with E-state index in [1.165, 1.54) is 51.6 Å². The fourth-order valence-corrected chi connectivity index (χ4v) is 4.52. The van der Waals surface area contributed by atoms with Gasteiger partial charge in [-0.1, -0.05) is 0 Å². The molecule has 3 aromatic heterocycles. The molecule has 3 N–H and O–H groups in total. The van der Waals surface area contributed by atoms with Gasteiger partial charge in [0.05, 0.1) is 11.9 Å². The minimum Gasteiger partial charge on any atom is -0.368 e. The van der Waals surface area contributed by atoms with Crippen molar-refractivity contribution in [3.05, 3.63) is 30.7 Å². The molecule has 8 heteroatoms. The summed E-state index contributed by atoms with van der Waals surface area (Å²) in [4.78, 5) is 15.3. The molecule has 146 valence electrons. The SMILES string of the molecule is Nc1ncc(-c2cnc3ccc(N[C@H]4CC[C@H](N5CCCC5)CC4)nn23)cn1. The van der Waals surface area contributed by atoms with E-state index in [0.717, 1.165) is 28.8 Å². The maximum Gasteiger partial charge on any atom is 0.219 e. The smallest absolute Gasteiger partial charge is 0.219 e. The summed E-state index contributed by atoms with van der Waals surface area (Å²) in [7, 11) is 0. The van der Waals surface area contributed by atoms with Crippen molar-refractivity contribution in [1.29, 1.82) is 0 Å².